The van der Waals surface area contributed by atoms with Crippen molar-refractivity contribution < 1.29 is 4.39 Å². The van der Waals surface area contributed by atoms with Crippen molar-refractivity contribution in [3.05, 3.63) is 34.8 Å². The monoisotopic (exact) mass is 286 g/mol. The van der Waals surface area contributed by atoms with Crippen LogP contribution < -0.4 is 5.32 Å². The summed E-state index contributed by atoms with van der Waals surface area (Å²) in [4.78, 5) is 4.67. The summed E-state index contributed by atoms with van der Waals surface area (Å²) in [6.45, 7) is 5.01. The van der Waals surface area contributed by atoms with Gasteiger partial charge in [-0.3, -0.25) is 0 Å². The molecule has 2 nitrogen and oxygen atoms in total. The Bertz CT molecular complexity index is 664. The van der Waals surface area contributed by atoms with Crippen molar-refractivity contribution >= 4 is 16.6 Å². The molecule has 0 radical (unpaired) electrons. The Morgan fingerprint density at radius 1 is 1.19 bits per heavy atom. The minimum absolute atomic E-state index is 0.198. The number of benzene rings is 1. The van der Waals surface area contributed by atoms with E-state index in [-0.39, 0.29) is 5.82 Å². The van der Waals surface area contributed by atoms with Gasteiger partial charge in [0.05, 0.1) is 0 Å². The summed E-state index contributed by atoms with van der Waals surface area (Å²) in [5.41, 5.74) is 5.02. The molecule has 0 spiro atoms. The Balaban J connectivity index is 2.26. The highest BCUT2D eigenvalue weighted by Crippen LogP contribution is 2.34. The maximum absolute atomic E-state index is 14.3. The Labute approximate surface area is 125 Å². The van der Waals surface area contributed by atoms with Crippen LogP contribution in [0.4, 0.5) is 10.1 Å². The third-order valence-electron chi connectivity index (χ3n) is 4.27. The Kier molecular flexibility index (Phi) is 4.09. The zero-order chi connectivity index (χ0) is 14.8. The van der Waals surface area contributed by atoms with Gasteiger partial charge in [0.2, 0.25) is 0 Å². The molecule has 1 N–H and O–H groups in total. The number of hydrogen-bond donors (Lipinski definition) is 1. The minimum atomic E-state index is -0.198. The number of fused-ring (bicyclic) bond motifs is 2. The molecule has 1 aromatic carbocycles. The van der Waals surface area contributed by atoms with Gasteiger partial charge >= 0.3 is 0 Å². The van der Waals surface area contributed by atoms with Crippen molar-refractivity contribution in [3.8, 4) is 0 Å². The van der Waals surface area contributed by atoms with Crippen molar-refractivity contribution in [2.75, 3.05) is 11.9 Å². The van der Waals surface area contributed by atoms with Crippen molar-refractivity contribution in [1.29, 1.82) is 0 Å². The maximum atomic E-state index is 14.3. The van der Waals surface area contributed by atoms with Crippen molar-refractivity contribution in [2.45, 2.75) is 52.4 Å². The van der Waals surface area contributed by atoms with Gasteiger partial charge in [0, 0.05) is 23.3 Å². The molecule has 3 rings (SSSR count). The highest BCUT2D eigenvalue weighted by atomic mass is 19.1. The lowest BCUT2D eigenvalue weighted by Crippen LogP contribution is -2.08. The van der Waals surface area contributed by atoms with Crippen molar-refractivity contribution in [2.24, 2.45) is 0 Å². The number of aromatic nitrogens is 1. The van der Waals surface area contributed by atoms with Crippen LogP contribution in [0.5, 0.6) is 0 Å². The lowest BCUT2D eigenvalue weighted by molar-refractivity contribution is 0.634. The van der Waals surface area contributed by atoms with Gasteiger partial charge in [0.25, 0.3) is 0 Å². The van der Waals surface area contributed by atoms with Crippen LogP contribution in [0.1, 0.15) is 49.4 Å². The Hall–Kier alpha value is -1.64. The fourth-order valence-corrected chi connectivity index (χ4v) is 3.25. The number of aryl methyl sites for hydroxylation is 2. The molecule has 0 saturated heterocycles. The van der Waals surface area contributed by atoms with E-state index >= 15 is 0 Å². The molecule has 112 valence electrons. The quantitative estimate of drug-likeness (QED) is 0.822. The summed E-state index contributed by atoms with van der Waals surface area (Å²) < 4.78 is 14.3. The zero-order valence-electron chi connectivity index (χ0n) is 12.9. The first kappa shape index (κ1) is 14.3. The van der Waals surface area contributed by atoms with Crippen molar-refractivity contribution in [3.63, 3.8) is 0 Å². The van der Waals surface area contributed by atoms with Crippen LogP contribution in [-0.2, 0) is 12.8 Å². The van der Waals surface area contributed by atoms with Gasteiger partial charge < -0.3 is 5.32 Å². The second-order valence-corrected chi connectivity index (χ2v) is 6.04. The summed E-state index contributed by atoms with van der Waals surface area (Å²) >= 11 is 0. The molecule has 0 amide bonds. The molecule has 0 fully saturated rings. The van der Waals surface area contributed by atoms with Crippen LogP contribution in [0.15, 0.2) is 12.1 Å². The van der Waals surface area contributed by atoms with E-state index in [1.54, 1.807) is 6.07 Å². The van der Waals surface area contributed by atoms with E-state index in [0.717, 1.165) is 54.6 Å². The third kappa shape index (κ3) is 2.74. The van der Waals surface area contributed by atoms with Crippen LogP contribution in [0.3, 0.4) is 0 Å². The van der Waals surface area contributed by atoms with Crippen LogP contribution in [0.25, 0.3) is 10.9 Å². The molecule has 21 heavy (non-hydrogen) atoms. The zero-order valence-corrected chi connectivity index (χ0v) is 12.9. The first-order valence-corrected chi connectivity index (χ1v) is 8.06. The van der Waals surface area contributed by atoms with E-state index in [1.165, 1.54) is 18.4 Å². The average molecular weight is 286 g/mol. The lowest BCUT2D eigenvalue weighted by atomic mass is 10.0. The van der Waals surface area contributed by atoms with Gasteiger partial charge in [-0.15, -0.1) is 0 Å². The van der Waals surface area contributed by atoms with Gasteiger partial charge in [-0.2, -0.15) is 0 Å². The lowest BCUT2D eigenvalue weighted by Gasteiger charge is -2.17. The van der Waals surface area contributed by atoms with E-state index in [9.17, 15) is 4.39 Å². The van der Waals surface area contributed by atoms with Crippen LogP contribution >= 0.6 is 0 Å². The van der Waals surface area contributed by atoms with E-state index in [0.29, 0.717) is 5.52 Å². The third-order valence-corrected chi connectivity index (χ3v) is 4.27. The van der Waals surface area contributed by atoms with Gasteiger partial charge in [0.15, 0.2) is 0 Å². The Morgan fingerprint density at radius 2 is 2.00 bits per heavy atom. The molecule has 0 saturated carbocycles. The van der Waals surface area contributed by atoms with Gasteiger partial charge in [-0.05, 0) is 62.3 Å². The normalized spacial score (nSPS) is 14.8. The van der Waals surface area contributed by atoms with Crippen LogP contribution in [0.2, 0.25) is 0 Å². The molecule has 1 aromatic heterocycles. The molecule has 1 aliphatic carbocycles. The van der Waals surface area contributed by atoms with Crippen molar-refractivity contribution in [1.82, 2.24) is 4.98 Å². The topological polar surface area (TPSA) is 24.9 Å². The minimum Gasteiger partial charge on any atom is -0.384 e. The van der Waals surface area contributed by atoms with E-state index < -0.39 is 0 Å². The number of hydrogen-bond acceptors (Lipinski definition) is 2. The predicted molar refractivity (Wildman–Crippen MR) is 86.5 cm³/mol. The molecule has 0 unspecified atom stereocenters. The summed E-state index contributed by atoms with van der Waals surface area (Å²) in [7, 11) is 0. The Morgan fingerprint density at radius 3 is 2.81 bits per heavy atom. The molecule has 3 heteroatoms. The number of nitrogens with one attached hydrogen (secondary N) is 1. The fourth-order valence-electron chi connectivity index (χ4n) is 3.25. The molecule has 1 aliphatic rings. The first-order valence-electron chi connectivity index (χ1n) is 8.06. The van der Waals surface area contributed by atoms with E-state index in [4.69, 9.17) is 0 Å². The fraction of sp³-hybridized carbons (Fsp3) is 0.500. The average Bonchev–Trinajstić information content (AvgIpc) is 2.69. The van der Waals surface area contributed by atoms with Gasteiger partial charge in [0.1, 0.15) is 11.3 Å². The highest BCUT2D eigenvalue weighted by molar-refractivity contribution is 5.94. The smallest absolute Gasteiger partial charge is 0.149 e. The molecule has 0 aliphatic heterocycles. The number of nitrogens with zero attached hydrogens (tertiary/aromatic N) is 1. The molecule has 0 bridgehead atoms. The number of anilines is 1. The second-order valence-electron chi connectivity index (χ2n) is 6.04. The standard InChI is InChI=1S/C18H23FN2/c1-3-9-20-17-13-7-5-4-6-8-16(13)21-18-14(17)10-12(2)11-15(18)19/h10-11H,3-9H2,1-2H3,(H,20,21). The van der Waals surface area contributed by atoms with Crippen LogP contribution in [-0.4, -0.2) is 11.5 Å². The van der Waals surface area contributed by atoms with Gasteiger partial charge in [-0.1, -0.05) is 13.3 Å². The molecule has 0 atom stereocenters. The molecule has 1 heterocycles. The van der Waals surface area contributed by atoms with E-state index in [1.807, 2.05) is 6.92 Å². The highest BCUT2D eigenvalue weighted by Gasteiger charge is 2.18. The van der Waals surface area contributed by atoms with Gasteiger partial charge in [-0.25, -0.2) is 9.37 Å². The summed E-state index contributed by atoms with van der Waals surface area (Å²) in [5.74, 6) is -0.198. The predicted octanol–water partition coefficient (Wildman–Crippen LogP) is 4.77. The number of pyridine rings is 1. The number of rotatable bonds is 3. The summed E-state index contributed by atoms with van der Waals surface area (Å²) in [6, 6.07) is 3.65. The summed E-state index contributed by atoms with van der Waals surface area (Å²) in [6.07, 6.45) is 6.69. The number of halogens is 1. The molecular formula is C18H23FN2. The summed E-state index contributed by atoms with van der Waals surface area (Å²) in [5, 5.41) is 4.49. The van der Waals surface area contributed by atoms with Crippen LogP contribution in [0, 0.1) is 12.7 Å². The maximum Gasteiger partial charge on any atom is 0.149 e. The SMILES string of the molecule is CCCNc1c2c(nc3c(F)cc(C)cc13)CCCCC2. The second kappa shape index (κ2) is 6.00. The largest absolute Gasteiger partial charge is 0.384 e. The molecule has 2 aromatic rings. The van der Waals surface area contributed by atoms with E-state index in [2.05, 4.69) is 23.3 Å². The first-order chi connectivity index (χ1) is 10.2. The molecular weight excluding hydrogens is 263 g/mol.